The minimum Gasteiger partial charge on any atom is -0.481 e. The highest BCUT2D eigenvalue weighted by atomic mass is 32.2. The van der Waals surface area contributed by atoms with Gasteiger partial charge in [-0.25, -0.2) is 4.98 Å². The summed E-state index contributed by atoms with van der Waals surface area (Å²) < 4.78 is 5.80. The first-order valence-corrected chi connectivity index (χ1v) is 8.00. The Kier molecular flexibility index (Phi) is 4.75. The molecule has 1 aromatic heterocycles. The van der Waals surface area contributed by atoms with Crippen molar-refractivity contribution in [1.82, 2.24) is 9.88 Å². The van der Waals surface area contributed by atoms with Crippen molar-refractivity contribution in [2.75, 3.05) is 18.1 Å². The number of thioether (sulfide) groups is 1. The molecule has 1 saturated heterocycles. The van der Waals surface area contributed by atoms with Gasteiger partial charge >= 0.3 is 5.97 Å². The highest BCUT2D eigenvalue weighted by Gasteiger charge is 2.27. The number of nitrogens with zero attached hydrogens (tertiary/aromatic N) is 2. The van der Waals surface area contributed by atoms with E-state index in [1.807, 2.05) is 11.8 Å². The summed E-state index contributed by atoms with van der Waals surface area (Å²) in [5.41, 5.74) is -0.0521. The summed E-state index contributed by atoms with van der Waals surface area (Å²) in [7, 11) is 0. The highest BCUT2D eigenvalue weighted by Crippen LogP contribution is 2.25. The first-order valence-electron chi connectivity index (χ1n) is 6.85. The van der Waals surface area contributed by atoms with Crippen LogP contribution in [0.3, 0.4) is 0 Å². The van der Waals surface area contributed by atoms with Crippen molar-refractivity contribution in [3.05, 3.63) is 17.8 Å². The quantitative estimate of drug-likeness (QED) is 0.920. The van der Waals surface area contributed by atoms with E-state index in [4.69, 9.17) is 9.52 Å². The molecular weight excluding hydrogens is 276 g/mol. The topological polar surface area (TPSA) is 66.6 Å². The van der Waals surface area contributed by atoms with Gasteiger partial charge in [0.15, 0.2) is 0 Å². The number of aliphatic carboxylic acids is 1. The van der Waals surface area contributed by atoms with Gasteiger partial charge in [0.05, 0.1) is 19.2 Å². The zero-order chi connectivity index (χ0) is 14.8. The van der Waals surface area contributed by atoms with Gasteiger partial charge in [0, 0.05) is 29.5 Å². The smallest absolute Gasteiger partial charge is 0.304 e. The molecule has 1 unspecified atom stereocenters. The molecule has 0 aliphatic carbocycles. The Morgan fingerprint density at radius 2 is 2.35 bits per heavy atom. The van der Waals surface area contributed by atoms with E-state index in [1.54, 1.807) is 6.20 Å². The van der Waals surface area contributed by atoms with E-state index in [2.05, 4.69) is 30.7 Å². The average molecular weight is 298 g/mol. The molecule has 0 bridgehead atoms. The minimum atomic E-state index is -0.745. The predicted molar refractivity (Wildman–Crippen MR) is 79.0 cm³/mol. The maximum Gasteiger partial charge on any atom is 0.304 e. The highest BCUT2D eigenvalue weighted by molar-refractivity contribution is 7.99. The molecule has 0 aromatic carbocycles. The molecule has 0 saturated carbocycles. The van der Waals surface area contributed by atoms with E-state index in [0.29, 0.717) is 12.4 Å². The first-order chi connectivity index (χ1) is 9.36. The van der Waals surface area contributed by atoms with E-state index in [9.17, 15) is 4.79 Å². The van der Waals surface area contributed by atoms with Crippen molar-refractivity contribution in [2.24, 2.45) is 0 Å². The Labute approximate surface area is 123 Å². The van der Waals surface area contributed by atoms with Crippen LogP contribution < -0.4 is 0 Å². The molecule has 2 heterocycles. The average Bonchev–Trinajstić information content (AvgIpc) is 2.79. The van der Waals surface area contributed by atoms with Crippen LogP contribution in [0, 0.1) is 0 Å². The fraction of sp³-hybridized carbons (Fsp3) is 0.714. The molecule has 0 amide bonds. The molecule has 1 aliphatic heterocycles. The summed E-state index contributed by atoms with van der Waals surface area (Å²) in [6.07, 6.45) is 1.96. The molecule has 1 aliphatic rings. The van der Waals surface area contributed by atoms with Crippen LogP contribution in [0.5, 0.6) is 0 Å². The zero-order valence-corrected chi connectivity index (χ0v) is 13.1. The normalized spacial score (nSPS) is 21.1. The van der Waals surface area contributed by atoms with Crippen LogP contribution in [0.2, 0.25) is 0 Å². The maximum atomic E-state index is 10.9. The number of carboxylic acid groups (broad SMARTS) is 1. The largest absolute Gasteiger partial charge is 0.481 e. The lowest BCUT2D eigenvalue weighted by Crippen LogP contribution is -2.43. The summed E-state index contributed by atoms with van der Waals surface area (Å²) in [5.74, 6) is 2.69. The number of aromatic nitrogens is 1. The molecule has 1 fully saturated rings. The van der Waals surface area contributed by atoms with Crippen LogP contribution in [0.15, 0.2) is 10.6 Å². The van der Waals surface area contributed by atoms with Crippen molar-refractivity contribution in [1.29, 1.82) is 0 Å². The lowest BCUT2D eigenvalue weighted by atomic mass is 9.94. The second-order valence-corrected chi connectivity index (χ2v) is 7.32. The second-order valence-electron chi connectivity index (χ2n) is 6.17. The van der Waals surface area contributed by atoms with Gasteiger partial charge in [0.25, 0.3) is 0 Å². The van der Waals surface area contributed by atoms with Crippen molar-refractivity contribution in [2.45, 2.75) is 45.2 Å². The summed E-state index contributed by atoms with van der Waals surface area (Å²) in [5, 5.41) is 8.99. The van der Waals surface area contributed by atoms with Gasteiger partial charge in [-0.3, -0.25) is 9.69 Å². The third kappa shape index (κ3) is 3.99. The zero-order valence-electron chi connectivity index (χ0n) is 12.3. The van der Waals surface area contributed by atoms with Gasteiger partial charge in [0.1, 0.15) is 5.76 Å². The molecule has 20 heavy (non-hydrogen) atoms. The van der Waals surface area contributed by atoms with Crippen LogP contribution in [-0.2, 0) is 16.8 Å². The van der Waals surface area contributed by atoms with E-state index in [1.165, 1.54) is 0 Å². The van der Waals surface area contributed by atoms with E-state index >= 15 is 0 Å². The van der Waals surface area contributed by atoms with Crippen molar-refractivity contribution in [3.63, 3.8) is 0 Å². The molecule has 5 nitrogen and oxygen atoms in total. The molecule has 112 valence electrons. The summed E-state index contributed by atoms with van der Waals surface area (Å²) >= 11 is 1.81. The summed E-state index contributed by atoms with van der Waals surface area (Å²) in [6, 6.07) is 0.0660. The number of rotatable bonds is 4. The van der Waals surface area contributed by atoms with Gasteiger partial charge in [0.2, 0.25) is 5.89 Å². The lowest BCUT2D eigenvalue weighted by molar-refractivity contribution is -0.138. The monoisotopic (exact) mass is 298 g/mol. The number of oxazole rings is 1. The summed E-state index contributed by atoms with van der Waals surface area (Å²) in [6.45, 7) is 7.73. The molecule has 2 rings (SSSR count). The molecule has 1 N–H and O–H groups in total. The maximum absolute atomic E-state index is 10.9. The minimum absolute atomic E-state index is 0.0521. The molecule has 0 radical (unpaired) electrons. The molecule has 6 heteroatoms. The second kappa shape index (κ2) is 6.18. The molecule has 0 spiro atoms. The van der Waals surface area contributed by atoms with Crippen LogP contribution >= 0.6 is 11.8 Å². The van der Waals surface area contributed by atoms with Crippen LogP contribution in [0.1, 0.15) is 38.8 Å². The third-order valence-corrected chi connectivity index (χ3v) is 4.48. The Balaban J connectivity index is 2.03. The number of hydrogen-bond acceptors (Lipinski definition) is 5. The molecule has 1 atom stereocenters. The molecular formula is C14H22N2O3S. The standard InChI is InChI=1S/C14H22N2O3S/c1-14(2,3)11-7-15-12(19-11)8-16-4-5-20-9-10(16)6-13(17)18/h7,10H,4-6,8-9H2,1-3H3,(H,17,18). The molecule has 1 aromatic rings. The van der Waals surface area contributed by atoms with Gasteiger partial charge < -0.3 is 9.52 Å². The van der Waals surface area contributed by atoms with E-state index in [-0.39, 0.29) is 17.9 Å². The van der Waals surface area contributed by atoms with Gasteiger partial charge in [-0.2, -0.15) is 11.8 Å². The van der Waals surface area contributed by atoms with E-state index in [0.717, 1.165) is 23.8 Å². The van der Waals surface area contributed by atoms with Crippen LogP contribution in [0.25, 0.3) is 0 Å². The Morgan fingerprint density at radius 1 is 1.60 bits per heavy atom. The Morgan fingerprint density at radius 3 is 2.95 bits per heavy atom. The number of carbonyl (C=O) groups is 1. The third-order valence-electron chi connectivity index (χ3n) is 3.39. The SMILES string of the molecule is CC(C)(C)c1cnc(CN2CCSCC2CC(=O)O)o1. The predicted octanol–water partition coefficient (Wildman–Crippen LogP) is 2.36. The van der Waals surface area contributed by atoms with E-state index < -0.39 is 5.97 Å². The Hall–Kier alpha value is -1.01. The number of hydrogen-bond donors (Lipinski definition) is 1. The lowest BCUT2D eigenvalue weighted by Gasteiger charge is -2.33. The van der Waals surface area contributed by atoms with Gasteiger partial charge in [-0.15, -0.1) is 0 Å². The van der Waals surface area contributed by atoms with Gasteiger partial charge in [-0.1, -0.05) is 20.8 Å². The van der Waals surface area contributed by atoms with Crippen LogP contribution in [0.4, 0.5) is 0 Å². The summed E-state index contributed by atoms with van der Waals surface area (Å²) in [4.78, 5) is 17.4. The van der Waals surface area contributed by atoms with Crippen LogP contribution in [-0.4, -0.2) is 45.1 Å². The van der Waals surface area contributed by atoms with Crippen molar-refractivity contribution >= 4 is 17.7 Å². The Bertz CT molecular complexity index is 467. The first kappa shape index (κ1) is 15.4. The number of carboxylic acids is 1. The van der Waals surface area contributed by atoms with Crippen molar-refractivity contribution in [3.8, 4) is 0 Å². The van der Waals surface area contributed by atoms with Crippen molar-refractivity contribution < 1.29 is 14.3 Å². The van der Waals surface area contributed by atoms with Gasteiger partial charge in [-0.05, 0) is 0 Å². The fourth-order valence-electron chi connectivity index (χ4n) is 2.19. The fourth-order valence-corrected chi connectivity index (χ4v) is 3.32.